The number of aryl methyl sites for hydroxylation is 1. The lowest BCUT2D eigenvalue weighted by molar-refractivity contribution is 0.0656. The third-order valence-electron chi connectivity index (χ3n) is 2.62. The molecule has 90 valence electrons. The fourth-order valence-electron chi connectivity index (χ4n) is 1.30. The molecule has 0 aromatic carbocycles. The van der Waals surface area contributed by atoms with Gasteiger partial charge in [0.25, 0.3) is 5.91 Å². The number of thiophene rings is 1. The van der Waals surface area contributed by atoms with Crippen LogP contribution in [0.4, 0.5) is 0 Å². The van der Waals surface area contributed by atoms with Gasteiger partial charge < -0.3 is 15.5 Å². The molecule has 0 saturated heterocycles. The Hall–Kier alpha value is -0.910. The van der Waals surface area contributed by atoms with Crippen molar-refractivity contribution in [3.63, 3.8) is 0 Å². The summed E-state index contributed by atoms with van der Waals surface area (Å²) in [5.74, 6) is -0.247. The molecule has 1 heterocycles. The summed E-state index contributed by atoms with van der Waals surface area (Å²) in [6, 6.07) is 3.61. The Balaban J connectivity index is 2.76. The van der Waals surface area contributed by atoms with E-state index in [9.17, 15) is 15.0 Å². The molecule has 1 aromatic heterocycles. The van der Waals surface area contributed by atoms with Gasteiger partial charge in [-0.1, -0.05) is 6.92 Å². The summed E-state index contributed by atoms with van der Waals surface area (Å²) in [6.45, 7) is 3.20. The normalized spacial score (nSPS) is 11.5. The van der Waals surface area contributed by atoms with E-state index in [1.165, 1.54) is 11.3 Å². The molecule has 0 aliphatic rings. The number of amides is 1. The van der Waals surface area contributed by atoms with E-state index in [2.05, 4.69) is 5.32 Å². The van der Waals surface area contributed by atoms with Crippen molar-refractivity contribution in [2.75, 3.05) is 13.2 Å². The summed E-state index contributed by atoms with van der Waals surface area (Å²) >= 11 is 1.39. The van der Waals surface area contributed by atoms with Crippen LogP contribution in [0.1, 0.15) is 27.9 Å². The molecule has 16 heavy (non-hydrogen) atoms. The predicted molar refractivity (Wildman–Crippen MR) is 63.7 cm³/mol. The number of rotatable bonds is 5. The fourth-order valence-corrected chi connectivity index (χ4v) is 2.06. The van der Waals surface area contributed by atoms with Crippen molar-refractivity contribution >= 4 is 17.2 Å². The van der Waals surface area contributed by atoms with Gasteiger partial charge in [-0.15, -0.1) is 11.3 Å². The Labute approximate surface area is 98.9 Å². The number of nitrogens with one attached hydrogen (secondary N) is 1. The number of aliphatic hydroxyl groups is 2. The zero-order valence-corrected chi connectivity index (χ0v) is 10.3. The molecule has 1 rings (SSSR count). The molecule has 0 saturated carbocycles. The SMILES string of the molecule is CCC(CO)(CO)NC(=O)c1ccc(C)s1. The lowest BCUT2D eigenvalue weighted by Crippen LogP contribution is -2.53. The molecule has 0 fully saturated rings. The summed E-state index contributed by atoms with van der Waals surface area (Å²) in [4.78, 5) is 13.5. The fraction of sp³-hybridized carbons (Fsp3) is 0.545. The van der Waals surface area contributed by atoms with E-state index in [1.807, 2.05) is 19.9 Å². The number of carbonyl (C=O) groups excluding carboxylic acids is 1. The summed E-state index contributed by atoms with van der Waals surface area (Å²) < 4.78 is 0. The van der Waals surface area contributed by atoms with Crippen LogP contribution in [0.3, 0.4) is 0 Å². The van der Waals surface area contributed by atoms with E-state index in [0.29, 0.717) is 11.3 Å². The lowest BCUT2D eigenvalue weighted by Gasteiger charge is -2.29. The molecule has 0 bridgehead atoms. The van der Waals surface area contributed by atoms with E-state index < -0.39 is 5.54 Å². The van der Waals surface area contributed by atoms with Gasteiger partial charge in [0.05, 0.1) is 23.6 Å². The van der Waals surface area contributed by atoms with Crippen LogP contribution >= 0.6 is 11.3 Å². The highest BCUT2D eigenvalue weighted by atomic mass is 32.1. The average molecular weight is 243 g/mol. The van der Waals surface area contributed by atoms with E-state index in [4.69, 9.17) is 0 Å². The van der Waals surface area contributed by atoms with Crippen molar-refractivity contribution in [3.8, 4) is 0 Å². The van der Waals surface area contributed by atoms with Gasteiger partial charge in [0.1, 0.15) is 0 Å². The van der Waals surface area contributed by atoms with Gasteiger partial charge >= 0.3 is 0 Å². The van der Waals surface area contributed by atoms with Crippen LogP contribution in [0.5, 0.6) is 0 Å². The molecular formula is C11H17NO3S. The summed E-state index contributed by atoms with van der Waals surface area (Å²) in [5.41, 5.74) is -0.922. The second-order valence-corrected chi connectivity index (χ2v) is 5.10. The Morgan fingerprint density at radius 2 is 2.06 bits per heavy atom. The third-order valence-corrected chi connectivity index (χ3v) is 3.62. The first-order valence-electron chi connectivity index (χ1n) is 5.17. The lowest BCUT2D eigenvalue weighted by atomic mass is 9.98. The number of carbonyl (C=O) groups is 1. The number of aliphatic hydroxyl groups excluding tert-OH is 2. The summed E-state index contributed by atoms with van der Waals surface area (Å²) in [6.07, 6.45) is 0.482. The topological polar surface area (TPSA) is 69.6 Å². The molecule has 0 aliphatic carbocycles. The van der Waals surface area contributed by atoms with Gasteiger partial charge in [-0.3, -0.25) is 4.79 Å². The zero-order chi connectivity index (χ0) is 12.2. The summed E-state index contributed by atoms with van der Waals surface area (Å²) in [7, 11) is 0. The minimum absolute atomic E-state index is 0.247. The van der Waals surface area contributed by atoms with Crippen molar-refractivity contribution in [3.05, 3.63) is 21.9 Å². The second-order valence-electron chi connectivity index (χ2n) is 3.81. The van der Waals surface area contributed by atoms with Gasteiger partial charge in [-0.25, -0.2) is 0 Å². The number of hydrogen-bond donors (Lipinski definition) is 3. The van der Waals surface area contributed by atoms with Crippen LogP contribution in [-0.4, -0.2) is 34.9 Å². The maximum absolute atomic E-state index is 11.8. The molecule has 5 heteroatoms. The third kappa shape index (κ3) is 2.81. The molecule has 0 aliphatic heterocycles. The van der Waals surface area contributed by atoms with Crippen LogP contribution in [0, 0.1) is 6.92 Å². The standard InChI is InChI=1S/C11H17NO3S/c1-3-11(6-13,7-14)12-10(15)9-5-4-8(2)16-9/h4-5,13-14H,3,6-7H2,1-2H3,(H,12,15). The smallest absolute Gasteiger partial charge is 0.261 e. The highest BCUT2D eigenvalue weighted by Crippen LogP contribution is 2.17. The van der Waals surface area contributed by atoms with Crippen LogP contribution in [0.15, 0.2) is 12.1 Å². The maximum atomic E-state index is 11.8. The molecule has 4 nitrogen and oxygen atoms in total. The Morgan fingerprint density at radius 3 is 2.44 bits per heavy atom. The first kappa shape index (κ1) is 13.2. The molecule has 1 aromatic rings. The highest BCUT2D eigenvalue weighted by molar-refractivity contribution is 7.13. The molecule has 0 atom stereocenters. The second kappa shape index (κ2) is 5.43. The predicted octanol–water partition coefficient (Wildman–Crippen LogP) is 0.920. The van der Waals surface area contributed by atoms with Crippen LogP contribution < -0.4 is 5.32 Å². The van der Waals surface area contributed by atoms with Gasteiger partial charge in [-0.2, -0.15) is 0 Å². The van der Waals surface area contributed by atoms with Crippen molar-refractivity contribution in [1.82, 2.24) is 5.32 Å². The molecule has 0 spiro atoms. The van der Waals surface area contributed by atoms with Gasteiger partial charge in [0, 0.05) is 4.88 Å². The zero-order valence-electron chi connectivity index (χ0n) is 9.49. The Bertz CT molecular complexity index is 350. The minimum Gasteiger partial charge on any atom is -0.394 e. The first-order valence-corrected chi connectivity index (χ1v) is 5.99. The first-order chi connectivity index (χ1) is 7.56. The molecule has 3 N–H and O–H groups in total. The average Bonchev–Trinajstić information content (AvgIpc) is 2.73. The van der Waals surface area contributed by atoms with Crippen LogP contribution in [-0.2, 0) is 0 Å². The number of hydrogen-bond acceptors (Lipinski definition) is 4. The van der Waals surface area contributed by atoms with Gasteiger partial charge in [0.15, 0.2) is 0 Å². The molecular weight excluding hydrogens is 226 g/mol. The van der Waals surface area contributed by atoms with Gasteiger partial charge in [-0.05, 0) is 25.5 Å². The minimum atomic E-state index is -0.922. The van der Waals surface area contributed by atoms with E-state index in [0.717, 1.165) is 4.88 Å². The van der Waals surface area contributed by atoms with Crippen LogP contribution in [0.2, 0.25) is 0 Å². The van der Waals surface area contributed by atoms with E-state index in [-0.39, 0.29) is 19.1 Å². The van der Waals surface area contributed by atoms with Crippen LogP contribution in [0.25, 0.3) is 0 Å². The largest absolute Gasteiger partial charge is 0.394 e. The van der Waals surface area contributed by atoms with Crippen molar-refractivity contribution in [1.29, 1.82) is 0 Å². The summed E-state index contributed by atoms with van der Waals surface area (Å²) in [5, 5.41) is 21.1. The Kier molecular flexibility index (Phi) is 4.46. The van der Waals surface area contributed by atoms with Crippen molar-refractivity contribution in [2.45, 2.75) is 25.8 Å². The highest BCUT2D eigenvalue weighted by Gasteiger charge is 2.29. The molecule has 0 radical (unpaired) electrons. The van der Waals surface area contributed by atoms with Gasteiger partial charge in [0.2, 0.25) is 0 Å². The molecule has 1 amide bonds. The van der Waals surface area contributed by atoms with E-state index >= 15 is 0 Å². The van der Waals surface area contributed by atoms with Crippen molar-refractivity contribution in [2.24, 2.45) is 0 Å². The quantitative estimate of drug-likeness (QED) is 0.720. The maximum Gasteiger partial charge on any atom is 0.261 e. The molecule has 0 unspecified atom stereocenters. The monoisotopic (exact) mass is 243 g/mol. The van der Waals surface area contributed by atoms with E-state index in [1.54, 1.807) is 6.07 Å². The van der Waals surface area contributed by atoms with Crippen molar-refractivity contribution < 1.29 is 15.0 Å². The Morgan fingerprint density at radius 1 is 1.44 bits per heavy atom.